The lowest BCUT2D eigenvalue weighted by Gasteiger charge is -2.05. The highest BCUT2D eigenvalue weighted by molar-refractivity contribution is 5.98. The minimum atomic E-state index is 0.824. The van der Waals surface area contributed by atoms with Crippen LogP contribution < -0.4 is 0 Å². The summed E-state index contributed by atoms with van der Waals surface area (Å²) in [6, 6.07) is 10.2. The van der Waals surface area contributed by atoms with Gasteiger partial charge in [0.15, 0.2) is 0 Å². The molecule has 0 fully saturated rings. The molecule has 0 bridgehead atoms. The molecule has 0 unspecified atom stereocenters. The second-order valence-corrected chi connectivity index (χ2v) is 5.12. The van der Waals surface area contributed by atoms with Crippen molar-refractivity contribution in [3.8, 4) is 5.69 Å². The van der Waals surface area contributed by atoms with Crippen LogP contribution in [0.25, 0.3) is 5.69 Å². The number of aliphatic imine (C=N–C) groups is 1. The number of rotatable bonds is 6. The molecule has 0 aliphatic rings. The fourth-order valence-corrected chi connectivity index (χ4v) is 2.29. The molecule has 0 atom stereocenters. The van der Waals surface area contributed by atoms with Crippen molar-refractivity contribution in [3.05, 3.63) is 67.0 Å². The maximum Gasteiger partial charge on any atom is 0.0945 e. The van der Waals surface area contributed by atoms with Crippen molar-refractivity contribution in [2.45, 2.75) is 19.9 Å². The number of hydrogen-bond acceptors (Lipinski definition) is 3. The Hall–Kier alpha value is -2.69. The molecule has 0 aliphatic carbocycles. The smallest absolute Gasteiger partial charge is 0.0945 e. The average molecular weight is 293 g/mol. The van der Waals surface area contributed by atoms with E-state index < -0.39 is 0 Å². The van der Waals surface area contributed by atoms with Crippen molar-refractivity contribution < 1.29 is 0 Å². The van der Waals surface area contributed by atoms with Gasteiger partial charge in [0.1, 0.15) is 0 Å². The molecule has 3 aromatic rings. The van der Waals surface area contributed by atoms with E-state index in [1.807, 2.05) is 29.5 Å². The van der Waals surface area contributed by atoms with Crippen molar-refractivity contribution in [1.82, 2.24) is 19.3 Å². The van der Waals surface area contributed by atoms with Crippen LogP contribution in [0.4, 0.5) is 0 Å². The molecule has 0 aliphatic heterocycles. The first-order valence-electron chi connectivity index (χ1n) is 7.40. The molecule has 1 aromatic carbocycles. The maximum atomic E-state index is 4.65. The zero-order chi connectivity index (χ0) is 15.2. The van der Waals surface area contributed by atoms with E-state index in [-0.39, 0.29) is 0 Å². The van der Waals surface area contributed by atoms with Gasteiger partial charge in [0.25, 0.3) is 0 Å². The van der Waals surface area contributed by atoms with Gasteiger partial charge in [-0.3, -0.25) is 4.99 Å². The summed E-state index contributed by atoms with van der Waals surface area (Å²) in [6.07, 6.45) is 10.3. The van der Waals surface area contributed by atoms with Crippen molar-refractivity contribution in [1.29, 1.82) is 0 Å². The fraction of sp³-hybridized carbons (Fsp3) is 0.235. The number of nitrogens with zero attached hydrogens (tertiary/aromatic N) is 5. The van der Waals surface area contributed by atoms with Gasteiger partial charge in [0, 0.05) is 43.6 Å². The van der Waals surface area contributed by atoms with Crippen LogP contribution in [0.3, 0.4) is 0 Å². The molecule has 5 nitrogen and oxygen atoms in total. The van der Waals surface area contributed by atoms with Crippen LogP contribution in [0.5, 0.6) is 0 Å². The first-order valence-corrected chi connectivity index (χ1v) is 7.40. The Bertz CT molecular complexity index is 709. The summed E-state index contributed by atoms with van der Waals surface area (Å²) in [6.45, 7) is 3.83. The molecule has 0 amide bonds. The zero-order valence-corrected chi connectivity index (χ0v) is 12.6. The summed E-state index contributed by atoms with van der Waals surface area (Å²) in [4.78, 5) is 8.68. The van der Waals surface area contributed by atoms with Gasteiger partial charge in [-0.1, -0.05) is 12.1 Å². The summed E-state index contributed by atoms with van der Waals surface area (Å²) < 4.78 is 3.92. The summed E-state index contributed by atoms with van der Waals surface area (Å²) in [5.74, 6) is 0. The van der Waals surface area contributed by atoms with Crippen LogP contribution in [-0.2, 0) is 6.54 Å². The standard InChI is InChI=1S/C17H19N5/c1-15(19-8-2-11-21-13-10-18-14-21)16-4-6-17(7-5-16)22-12-3-9-20-22/h3-7,9-10,12-14H,2,8,11H2,1H3. The topological polar surface area (TPSA) is 48.0 Å². The highest BCUT2D eigenvalue weighted by Crippen LogP contribution is 2.09. The largest absolute Gasteiger partial charge is 0.337 e. The molecular formula is C17H19N5. The van der Waals surface area contributed by atoms with Crippen LogP contribution in [0.1, 0.15) is 18.9 Å². The number of aromatic nitrogens is 4. The molecule has 0 radical (unpaired) electrons. The first kappa shape index (κ1) is 14.3. The minimum absolute atomic E-state index is 0.824. The van der Waals surface area contributed by atoms with Gasteiger partial charge in [-0.2, -0.15) is 5.10 Å². The van der Waals surface area contributed by atoms with E-state index >= 15 is 0 Å². The molecule has 5 heteroatoms. The molecule has 0 saturated carbocycles. The van der Waals surface area contributed by atoms with Crippen molar-refractivity contribution >= 4 is 5.71 Å². The molecule has 3 rings (SSSR count). The van der Waals surface area contributed by atoms with Gasteiger partial charge in [0.2, 0.25) is 0 Å². The number of benzene rings is 1. The monoisotopic (exact) mass is 293 g/mol. The van der Waals surface area contributed by atoms with Crippen LogP contribution in [0, 0.1) is 0 Å². The Morgan fingerprint density at radius 2 is 2.00 bits per heavy atom. The van der Waals surface area contributed by atoms with Crippen LogP contribution >= 0.6 is 0 Å². The molecule has 2 aromatic heterocycles. The third kappa shape index (κ3) is 3.49. The normalized spacial score (nSPS) is 11.8. The second-order valence-electron chi connectivity index (χ2n) is 5.12. The van der Waals surface area contributed by atoms with E-state index in [0.29, 0.717) is 0 Å². The third-order valence-corrected chi connectivity index (χ3v) is 3.54. The quantitative estimate of drug-likeness (QED) is 0.518. The predicted octanol–water partition coefficient (Wildman–Crippen LogP) is 2.97. The average Bonchev–Trinajstić information content (AvgIpc) is 3.25. The van der Waals surface area contributed by atoms with Gasteiger partial charge in [-0.15, -0.1) is 0 Å². The van der Waals surface area contributed by atoms with Crippen LogP contribution in [-0.4, -0.2) is 31.6 Å². The molecule has 22 heavy (non-hydrogen) atoms. The van der Waals surface area contributed by atoms with Gasteiger partial charge < -0.3 is 4.57 Å². The molecule has 112 valence electrons. The number of imidazole rings is 1. The number of aryl methyl sites for hydroxylation is 1. The minimum Gasteiger partial charge on any atom is -0.337 e. The summed E-state index contributed by atoms with van der Waals surface area (Å²) >= 11 is 0. The van der Waals surface area contributed by atoms with E-state index in [9.17, 15) is 0 Å². The first-order chi connectivity index (χ1) is 10.8. The van der Waals surface area contributed by atoms with E-state index in [4.69, 9.17) is 0 Å². The van der Waals surface area contributed by atoms with Gasteiger partial charge >= 0.3 is 0 Å². The van der Waals surface area contributed by atoms with Gasteiger partial charge in [-0.25, -0.2) is 9.67 Å². The van der Waals surface area contributed by atoms with Gasteiger partial charge in [0.05, 0.1) is 12.0 Å². The van der Waals surface area contributed by atoms with Crippen molar-refractivity contribution in [2.75, 3.05) is 6.54 Å². The van der Waals surface area contributed by atoms with Crippen molar-refractivity contribution in [2.24, 2.45) is 4.99 Å². The van der Waals surface area contributed by atoms with E-state index in [0.717, 1.165) is 36.5 Å². The Kier molecular flexibility index (Phi) is 4.44. The molecule has 0 spiro atoms. The van der Waals surface area contributed by atoms with Crippen molar-refractivity contribution in [3.63, 3.8) is 0 Å². The maximum absolute atomic E-state index is 4.65. The zero-order valence-electron chi connectivity index (χ0n) is 12.6. The fourth-order valence-electron chi connectivity index (χ4n) is 2.29. The highest BCUT2D eigenvalue weighted by atomic mass is 15.3. The van der Waals surface area contributed by atoms with E-state index in [1.54, 1.807) is 12.4 Å². The summed E-state index contributed by atoms with van der Waals surface area (Å²) in [7, 11) is 0. The molecule has 2 heterocycles. The Labute approximate surface area is 130 Å². The Morgan fingerprint density at radius 3 is 2.68 bits per heavy atom. The van der Waals surface area contributed by atoms with Crippen LogP contribution in [0.2, 0.25) is 0 Å². The SMILES string of the molecule is CC(=NCCCn1ccnc1)c1ccc(-n2cccn2)cc1. The second kappa shape index (κ2) is 6.85. The molecular weight excluding hydrogens is 274 g/mol. The lowest BCUT2D eigenvalue weighted by Crippen LogP contribution is -2.01. The Morgan fingerprint density at radius 1 is 1.14 bits per heavy atom. The molecule has 0 N–H and O–H groups in total. The summed E-state index contributed by atoms with van der Waals surface area (Å²) in [5.41, 5.74) is 3.28. The highest BCUT2D eigenvalue weighted by Gasteiger charge is 2.00. The molecule has 0 saturated heterocycles. The lowest BCUT2D eigenvalue weighted by molar-refractivity contribution is 0.651. The van der Waals surface area contributed by atoms with E-state index in [2.05, 4.69) is 50.8 Å². The predicted molar refractivity (Wildman–Crippen MR) is 87.5 cm³/mol. The summed E-state index contributed by atoms with van der Waals surface area (Å²) in [5, 5.41) is 4.23. The third-order valence-electron chi connectivity index (χ3n) is 3.54. The number of hydrogen-bond donors (Lipinski definition) is 0. The van der Waals surface area contributed by atoms with Gasteiger partial charge in [-0.05, 0) is 37.1 Å². The van der Waals surface area contributed by atoms with Crippen LogP contribution in [0.15, 0.2) is 66.4 Å². The van der Waals surface area contributed by atoms with E-state index in [1.165, 1.54) is 0 Å². The Balaban J connectivity index is 1.57. The lowest BCUT2D eigenvalue weighted by atomic mass is 10.1.